The van der Waals surface area contributed by atoms with Gasteiger partial charge in [-0.2, -0.15) is 0 Å². The zero-order valence-electron chi connectivity index (χ0n) is 19.4. The van der Waals surface area contributed by atoms with Gasteiger partial charge in [-0.3, -0.25) is 9.59 Å². The summed E-state index contributed by atoms with van der Waals surface area (Å²) < 4.78 is 5.53. The molecule has 1 N–H and O–H groups in total. The van der Waals surface area contributed by atoms with E-state index in [1.807, 2.05) is 19.9 Å². The van der Waals surface area contributed by atoms with Crippen LogP contribution in [0.4, 0.5) is 5.69 Å². The maximum Gasteiger partial charge on any atom is 0.254 e. The Morgan fingerprint density at radius 1 is 1.26 bits per heavy atom. The molecule has 2 aliphatic rings. The zero-order chi connectivity index (χ0) is 22.7. The molecule has 7 heteroatoms. The number of benzene rings is 1. The lowest BCUT2D eigenvalue weighted by Gasteiger charge is -2.37. The van der Waals surface area contributed by atoms with Crippen molar-refractivity contribution in [1.82, 2.24) is 10.2 Å². The van der Waals surface area contributed by atoms with Crippen LogP contribution in [0.3, 0.4) is 0 Å². The molecule has 1 aromatic carbocycles. The minimum absolute atomic E-state index is 0.0334. The number of nitrogens with zero attached hydrogens (tertiary/aromatic N) is 2. The normalized spacial score (nSPS) is 24.6. The van der Waals surface area contributed by atoms with Crippen LogP contribution in [0.2, 0.25) is 5.02 Å². The molecular weight excluding hydrogens is 414 g/mol. The predicted molar refractivity (Wildman–Crippen MR) is 125 cm³/mol. The first-order chi connectivity index (χ1) is 14.7. The van der Waals surface area contributed by atoms with E-state index in [4.69, 9.17) is 16.3 Å². The van der Waals surface area contributed by atoms with Crippen molar-refractivity contribution in [2.75, 3.05) is 38.3 Å². The van der Waals surface area contributed by atoms with Crippen LogP contribution < -0.4 is 10.2 Å². The van der Waals surface area contributed by atoms with Crippen molar-refractivity contribution in [2.45, 2.75) is 59.0 Å². The van der Waals surface area contributed by atoms with Crippen molar-refractivity contribution in [3.8, 4) is 0 Å². The van der Waals surface area contributed by atoms with E-state index >= 15 is 0 Å². The summed E-state index contributed by atoms with van der Waals surface area (Å²) in [6, 6.07) is 4.28. The molecule has 0 spiro atoms. The SMILES string of the molecule is CCN(c1cc(Cl)cc(C(=O)N(C)CC2C(=O)NC(C)CC2C)c1C)C1CCOCC1. The van der Waals surface area contributed by atoms with Gasteiger partial charge in [0.25, 0.3) is 5.91 Å². The monoisotopic (exact) mass is 449 g/mol. The molecule has 0 aromatic heterocycles. The summed E-state index contributed by atoms with van der Waals surface area (Å²) in [7, 11) is 1.77. The smallest absolute Gasteiger partial charge is 0.254 e. The molecule has 2 amide bonds. The molecule has 6 nitrogen and oxygen atoms in total. The molecule has 3 unspecified atom stereocenters. The Hall–Kier alpha value is -1.79. The molecule has 2 saturated heterocycles. The Morgan fingerprint density at radius 3 is 2.55 bits per heavy atom. The second kappa shape index (κ2) is 10.2. The Kier molecular flexibility index (Phi) is 7.87. The maximum absolute atomic E-state index is 13.4. The second-order valence-electron chi connectivity index (χ2n) is 9.14. The Labute approximate surface area is 191 Å². The third-order valence-corrected chi connectivity index (χ3v) is 7.03. The van der Waals surface area contributed by atoms with Crippen molar-refractivity contribution >= 4 is 29.1 Å². The number of hydrogen-bond donors (Lipinski definition) is 1. The number of carbonyl (C=O) groups excluding carboxylic acids is 2. The lowest BCUT2D eigenvalue weighted by Crippen LogP contribution is -2.50. The van der Waals surface area contributed by atoms with Crippen molar-refractivity contribution in [2.24, 2.45) is 11.8 Å². The van der Waals surface area contributed by atoms with Crippen LogP contribution in [0, 0.1) is 18.8 Å². The number of amides is 2. The fourth-order valence-corrected chi connectivity index (χ4v) is 5.26. The van der Waals surface area contributed by atoms with Crippen molar-refractivity contribution in [1.29, 1.82) is 0 Å². The first-order valence-corrected chi connectivity index (χ1v) is 11.8. The quantitative estimate of drug-likeness (QED) is 0.715. The molecule has 0 radical (unpaired) electrons. The Morgan fingerprint density at radius 2 is 1.94 bits per heavy atom. The minimum atomic E-state index is -0.196. The summed E-state index contributed by atoms with van der Waals surface area (Å²) in [4.78, 5) is 29.9. The average Bonchev–Trinajstić information content (AvgIpc) is 2.73. The fourth-order valence-electron chi connectivity index (χ4n) is 5.04. The van der Waals surface area contributed by atoms with Gasteiger partial charge in [0.1, 0.15) is 0 Å². The maximum atomic E-state index is 13.4. The van der Waals surface area contributed by atoms with Gasteiger partial charge in [-0.1, -0.05) is 18.5 Å². The largest absolute Gasteiger partial charge is 0.381 e. The van der Waals surface area contributed by atoms with E-state index in [1.54, 1.807) is 18.0 Å². The van der Waals surface area contributed by atoms with Gasteiger partial charge in [0, 0.05) is 61.7 Å². The number of halogens is 1. The van der Waals surface area contributed by atoms with Gasteiger partial charge >= 0.3 is 0 Å². The van der Waals surface area contributed by atoms with Crippen LogP contribution in [0.1, 0.15) is 56.0 Å². The highest BCUT2D eigenvalue weighted by Crippen LogP contribution is 2.32. The predicted octanol–water partition coefficient (Wildman–Crippen LogP) is 3.89. The molecule has 3 atom stereocenters. The number of rotatable bonds is 6. The summed E-state index contributed by atoms with van der Waals surface area (Å²) in [6.45, 7) is 11.0. The van der Waals surface area contributed by atoms with E-state index in [9.17, 15) is 9.59 Å². The van der Waals surface area contributed by atoms with Crippen LogP contribution in [-0.4, -0.2) is 62.1 Å². The number of nitrogens with one attached hydrogen (secondary N) is 1. The van der Waals surface area contributed by atoms with Crippen molar-refractivity contribution in [3.05, 3.63) is 28.3 Å². The van der Waals surface area contributed by atoms with Crippen molar-refractivity contribution in [3.63, 3.8) is 0 Å². The molecule has 1 aromatic rings. The molecule has 3 rings (SSSR count). The molecule has 2 heterocycles. The number of hydrogen-bond acceptors (Lipinski definition) is 4. The highest BCUT2D eigenvalue weighted by Gasteiger charge is 2.34. The molecule has 31 heavy (non-hydrogen) atoms. The summed E-state index contributed by atoms with van der Waals surface area (Å²) in [6.07, 6.45) is 2.86. The third-order valence-electron chi connectivity index (χ3n) is 6.81. The highest BCUT2D eigenvalue weighted by molar-refractivity contribution is 6.31. The van der Waals surface area contributed by atoms with E-state index < -0.39 is 0 Å². The number of piperidine rings is 1. The molecule has 0 saturated carbocycles. The first kappa shape index (κ1) is 23.9. The van der Waals surface area contributed by atoms with Gasteiger partial charge in [0.2, 0.25) is 5.91 Å². The van der Waals surface area contributed by atoms with Crippen LogP contribution in [-0.2, 0) is 9.53 Å². The van der Waals surface area contributed by atoms with E-state index in [1.165, 1.54) is 0 Å². The molecule has 172 valence electrons. The molecule has 2 aliphatic heterocycles. The topological polar surface area (TPSA) is 61.9 Å². The average molecular weight is 450 g/mol. The molecule has 0 bridgehead atoms. The van der Waals surface area contributed by atoms with E-state index in [2.05, 4.69) is 24.1 Å². The summed E-state index contributed by atoms with van der Waals surface area (Å²) in [5, 5.41) is 3.57. The lowest BCUT2D eigenvalue weighted by molar-refractivity contribution is -0.130. The van der Waals surface area contributed by atoms with Crippen molar-refractivity contribution < 1.29 is 14.3 Å². The van der Waals surface area contributed by atoms with Gasteiger partial charge in [0.05, 0.1) is 5.92 Å². The van der Waals surface area contributed by atoms with Gasteiger partial charge in [-0.25, -0.2) is 0 Å². The van der Waals surface area contributed by atoms with E-state index in [-0.39, 0.29) is 29.7 Å². The summed E-state index contributed by atoms with van der Waals surface area (Å²) in [5.41, 5.74) is 2.55. The molecule has 2 fully saturated rings. The van der Waals surface area contributed by atoms with Crippen LogP contribution >= 0.6 is 11.6 Å². The number of anilines is 1. The lowest BCUT2D eigenvalue weighted by atomic mass is 9.84. The summed E-state index contributed by atoms with van der Waals surface area (Å²) in [5.74, 6) is -0.0217. The van der Waals surface area contributed by atoms with Gasteiger partial charge in [0.15, 0.2) is 0 Å². The van der Waals surface area contributed by atoms with Gasteiger partial charge in [-0.15, -0.1) is 0 Å². The fraction of sp³-hybridized carbons (Fsp3) is 0.667. The molecule has 0 aliphatic carbocycles. The van der Waals surface area contributed by atoms with Gasteiger partial charge < -0.3 is 19.9 Å². The number of carbonyl (C=O) groups is 2. The van der Waals surface area contributed by atoms with E-state index in [0.717, 1.165) is 50.3 Å². The standard InChI is InChI=1S/C24H36ClN3O3/c1-6-28(19-7-9-31-10-8-19)22-13-18(25)12-20(17(22)4)24(30)27(5)14-21-15(2)11-16(3)26-23(21)29/h12-13,15-16,19,21H,6-11,14H2,1-5H3,(H,26,29). The van der Waals surface area contributed by atoms with Gasteiger partial charge in [-0.05, 0) is 63.6 Å². The van der Waals surface area contributed by atoms with Crippen LogP contribution in [0.25, 0.3) is 0 Å². The Balaban J connectivity index is 1.83. The molecular formula is C24H36ClN3O3. The van der Waals surface area contributed by atoms with Crippen LogP contribution in [0.5, 0.6) is 0 Å². The number of ether oxygens (including phenoxy) is 1. The summed E-state index contributed by atoms with van der Waals surface area (Å²) >= 11 is 6.48. The Bertz CT molecular complexity index is 810. The second-order valence-corrected chi connectivity index (χ2v) is 9.58. The third kappa shape index (κ3) is 5.35. The highest BCUT2D eigenvalue weighted by atomic mass is 35.5. The minimum Gasteiger partial charge on any atom is -0.381 e. The zero-order valence-corrected chi connectivity index (χ0v) is 20.2. The first-order valence-electron chi connectivity index (χ1n) is 11.4. The van der Waals surface area contributed by atoms with Crippen LogP contribution in [0.15, 0.2) is 12.1 Å². The van der Waals surface area contributed by atoms with E-state index in [0.29, 0.717) is 23.2 Å².